The van der Waals surface area contributed by atoms with Crippen LogP contribution in [0.3, 0.4) is 0 Å². The molecule has 0 saturated heterocycles. The Morgan fingerprint density at radius 1 is 1.10 bits per heavy atom. The second-order valence-electron chi connectivity index (χ2n) is 5.77. The van der Waals surface area contributed by atoms with E-state index in [0.717, 1.165) is 12.1 Å². The van der Waals surface area contributed by atoms with Gasteiger partial charge in [-0.15, -0.1) is 0 Å². The molecule has 3 rings (SSSR count). The van der Waals surface area contributed by atoms with Gasteiger partial charge in [0.25, 0.3) is 11.6 Å². The van der Waals surface area contributed by atoms with Gasteiger partial charge in [0.1, 0.15) is 23.2 Å². The molecular weight excluding hydrogens is 386 g/mol. The Labute approximate surface area is 163 Å². The first-order chi connectivity index (χ1) is 13.9. The first-order valence-electron chi connectivity index (χ1n) is 8.28. The van der Waals surface area contributed by atoms with E-state index in [2.05, 4.69) is 15.8 Å². The van der Waals surface area contributed by atoms with Crippen LogP contribution in [-0.2, 0) is 4.79 Å². The normalized spacial score (nSPS) is 10.8. The Hall–Kier alpha value is -4.08. The molecule has 1 heterocycles. The molecule has 0 unspecified atom stereocenters. The van der Waals surface area contributed by atoms with E-state index in [1.54, 1.807) is 0 Å². The van der Waals surface area contributed by atoms with Gasteiger partial charge in [-0.05, 0) is 48.5 Å². The van der Waals surface area contributed by atoms with Crippen molar-refractivity contribution in [3.63, 3.8) is 0 Å². The zero-order valence-electron chi connectivity index (χ0n) is 14.8. The number of nitrogens with one attached hydrogen (secondary N) is 2. The van der Waals surface area contributed by atoms with E-state index >= 15 is 0 Å². The Morgan fingerprint density at radius 2 is 1.83 bits per heavy atom. The molecule has 1 aromatic heterocycles. The molecule has 0 radical (unpaired) electrons. The molecule has 10 heteroatoms. The monoisotopic (exact) mass is 400 g/mol. The molecule has 2 aromatic carbocycles. The van der Waals surface area contributed by atoms with Crippen LogP contribution in [0.1, 0.15) is 5.76 Å². The summed E-state index contributed by atoms with van der Waals surface area (Å²) in [5.41, 5.74) is 2.53. The van der Waals surface area contributed by atoms with E-state index in [0.29, 0.717) is 5.69 Å². The van der Waals surface area contributed by atoms with Gasteiger partial charge < -0.3 is 9.73 Å². The average molecular weight is 400 g/mol. The topological polar surface area (TPSA) is 110 Å². The van der Waals surface area contributed by atoms with Gasteiger partial charge in [-0.2, -0.15) is 5.10 Å². The molecule has 0 saturated carbocycles. The molecule has 0 aliphatic rings. The summed E-state index contributed by atoms with van der Waals surface area (Å²) in [6, 6.07) is 11.6. The number of anilines is 1. The molecule has 0 aliphatic heterocycles. The number of rotatable bonds is 7. The number of benzene rings is 2. The number of hydrogen-bond donors (Lipinski definition) is 2. The number of hydrogen-bond acceptors (Lipinski definition) is 6. The standard InChI is InChI=1S/C19H14F2N4O4/c20-12-1-4-14(5-2-12)22-11-19(26)24-23-10-15-6-8-18(29-15)16-7-3-13(21)9-17(16)25(27)28/h1-10,22H,11H2,(H,24,26)/b23-10+. The Kier molecular flexibility index (Phi) is 5.93. The highest BCUT2D eigenvalue weighted by Gasteiger charge is 2.19. The fourth-order valence-electron chi connectivity index (χ4n) is 2.39. The third-order valence-electron chi connectivity index (χ3n) is 3.73. The second-order valence-corrected chi connectivity index (χ2v) is 5.77. The lowest BCUT2D eigenvalue weighted by atomic mass is 10.1. The van der Waals surface area contributed by atoms with Crippen molar-refractivity contribution < 1.29 is 22.9 Å². The summed E-state index contributed by atoms with van der Waals surface area (Å²) >= 11 is 0. The van der Waals surface area contributed by atoms with Gasteiger partial charge >= 0.3 is 0 Å². The van der Waals surface area contributed by atoms with Crippen LogP contribution in [0.25, 0.3) is 11.3 Å². The van der Waals surface area contributed by atoms with Crippen molar-refractivity contribution in [3.8, 4) is 11.3 Å². The molecule has 1 amide bonds. The maximum atomic E-state index is 13.2. The molecular formula is C19H14F2N4O4. The lowest BCUT2D eigenvalue weighted by molar-refractivity contribution is -0.384. The molecule has 8 nitrogen and oxygen atoms in total. The highest BCUT2D eigenvalue weighted by Crippen LogP contribution is 2.31. The van der Waals surface area contributed by atoms with Crippen LogP contribution in [0.5, 0.6) is 0 Å². The molecule has 0 atom stereocenters. The third-order valence-corrected chi connectivity index (χ3v) is 3.73. The van der Waals surface area contributed by atoms with E-state index in [-0.39, 0.29) is 29.4 Å². The SMILES string of the molecule is O=C(CNc1ccc(F)cc1)N/N=C/c1ccc(-c2ccc(F)cc2[N+](=O)[O-])o1. The number of carbonyl (C=O) groups excluding carboxylic acids is 1. The minimum absolute atomic E-state index is 0.0891. The van der Waals surface area contributed by atoms with Crippen LogP contribution in [0.2, 0.25) is 0 Å². The highest BCUT2D eigenvalue weighted by atomic mass is 19.1. The number of furan rings is 1. The van der Waals surface area contributed by atoms with Crippen molar-refractivity contribution in [2.45, 2.75) is 0 Å². The minimum Gasteiger partial charge on any atom is -0.455 e. The zero-order valence-corrected chi connectivity index (χ0v) is 14.8. The number of hydrazone groups is 1. The number of nitro benzene ring substituents is 1. The largest absolute Gasteiger partial charge is 0.455 e. The highest BCUT2D eigenvalue weighted by molar-refractivity contribution is 5.83. The van der Waals surface area contributed by atoms with Crippen molar-refractivity contribution >= 4 is 23.5 Å². The minimum atomic E-state index is -0.731. The van der Waals surface area contributed by atoms with Crippen molar-refractivity contribution in [2.24, 2.45) is 5.10 Å². The molecule has 148 valence electrons. The third kappa shape index (κ3) is 5.22. The Morgan fingerprint density at radius 3 is 2.55 bits per heavy atom. The summed E-state index contributed by atoms with van der Waals surface area (Å²) < 4.78 is 31.5. The predicted molar refractivity (Wildman–Crippen MR) is 101 cm³/mol. The number of halogens is 2. The van der Waals surface area contributed by atoms with Crippen LogP contribution in [-0.4, -0.2) is 23.6 Å². The summed E-state index contributed by atoms with van der Waals surface area (Å²) in [7, 11) is 0. The quantitative estimate of drug-likeness (QED) is 0.357. The number of carbonyl (C=O) groups is 1. The maximum Gasteiger partial charge on any atom is 0.283 e. The number of nitrogens with zero attached hydrogens (tertiary/aromatic N) is 2. The first-order valence-corrected chi connectivity index (χ1v) is 8.28. The molecule has 0 spiro atoms. The van der Waals surface area contributed by atoms with E-state index in [4.69, 9.17) is 4.42 Å². The van der Waals surface area contributed by atoms with Crippen molar-refractivity contribution in [1.82, 2.24) is 5.43 Å². The van der Waals surface area contributed by atoms with Crippen LogP contribution < -0.4 is 10.7 Å². The molecule has 3 aromatic rings. The maximum absolute atomic E-state index is 13.2. The van der Waals surface area contributed by atoms with Crippen LogP contribution in [0, 0.1) is 21.7 Å². The van der Waals surface area contributed by atoms with Crippen molar-refractivity contribution in [2.75, 3.05) is 11.9 Å². The van der Waals surface area contributed by atoms with Gasteiger partial charge in [0.2, 0.25) is 0 Å². The molecule has 2 N–H and O–H groups in total. The second kappa shape index (κ2) is 8.74. The number of nitro groups is 1. The van der Waals surface area contributed by atoms with Crippen molar-refractivity contribution in [3.05, 3.63) is 82.1 Å². The van der Waals surface area contributed by atoms with E-state index in [1.165, 1.54) is 48.7 Å². The summed E-state index contributed by atoms with van der Waals surface area (Å²) in [5, 5.41) is 17.6. The summed E-state index contributed by atoms with van der Waals surface area (Å²) in [5.74, 6) is -1.18. The van der Waals surface area contributed by atoms with Crippen LogP contribution >= 0.6 is 0 Å². The number of amides is 1. The smallest absolute Gasteiger partial charge is 0.283 e. The Balaban J connectivity index is 1.59. The zero-order chi connectivity index (χ0) is 20.8. The lowest BCUT2D eigenvalue weighted by Crippen LogP contribution is -2.25. The van der Waals surface area contributed by atoms with Gasteiger partial charge in [-0.3, -0.25) is 14.9 Å². The first kappa shape index (κ1) is 19.7. The van der Waals surface area contributed by atoms with E-state index < -0.39 is 22.3 Å². The molecule has 0 aliphatic carbocycles. The van der Waals surface area contributed by atoms with Crippen LogP contribution in [0.15, 0.2) is 64.1 Å². The lowest BCUT2D eigenvalue weighted by Gasteiger charge is -2.04. The fraction of sp³-hybridized carbons (Fsp3) is 0.0526. The van der Waals surface area contributed by atoms with Crippen LogP contribution in [0.4, 0.5) is 20.2 Å². The van der Waals surface area contributed by atoms with Gasteiger partial charge in [-0.25, -0.2) is 14.2 Å². The van der Waals surface area contributed by atoms with Gasteiger partial charge in [0.15, 0.2) is 0 Å². The van der Waals surface area contributed by atoms with Crippen molar-refractivity contribution in [1.29, 1.82) is 0 Å². The fourth-order valence-corrected chi connectivity index (χ4v) is 2.39. The molecule has 0 bridgehead atoms. The predicted octanol–water partition coefficient (Wildman–Crippen LogP) is 3.70. The van der Waals surface area contributed by atoms with Gasteiger partial charge in [0.05, 0.1) is 29.3 Å². The molecule has 0 fully saturated rings. The summed E-state index contributed by atoms with van der Waals surface area (Å²) in [4.78, 5) is 22.1. The van der Waals surface area contributed by atoms with E-state index in [9.17, 15) is 23.7 Å². The van der Waals surface area contributed by atoms with Gasteiger partial charge in [0, 0.05) is 5.69 Å². The van der Waals surface area contributed by atoms with E-state index in [1.807, 2.05) is 0 Å². The summed E-state index contributed by atoms with van der Waals surface area (Å²) in [6.45, 7) is -0.0891. The average Bonchev–Trinajstić information content (AvgIpc) is 3.16. The van der Waals surface area contributed by atoms with Gasteiger partial charge in [-0.1, -0.05) is 0 Å². The summed E-state index contributed by atoms with van der Waals surface area (Å²) in [6.07, 6.45) is 1.22. The Bertz CT molecular complexity index is 1060. The molecule has 29 heavy (non-hydrogen) atoms.